The summed E-state index contributed by atoms with van der Waals surface area (Å²) in [6.07, 6.45) is 0.487. The molecule has 5 nitrogen and oxygen atoms in total. The van der Waals surface area contributed by atoms with Gasteiger partial charge in [-0.2, -0.15) is 5.26 Å². The van der Waals surface area contributed by atoms with Crippen LogP contribution in [0.3, 0.4) is 0 Å². The van der Waals surface area contributed by atoms with Gasteiger partial charge in [0, 0.05) is 10.7 Å². The summed E-state index contributed by atoms with van der Waals surface area (Å²) in [5, 5.41) is 9.72. The molecule has 1 fully saturated rings. The van der Waals surface area contributed by atoms with Crippen molar-refractivity contribution in [2.45, 2.75) is 18.6 Å². The van der Waals surface area contributed by atoms with E-state index < -0.39 is 11.2 Å². The van der Waals surface area contributed by atoms with Crippen LogP contribution in [0.2, 0.25) is 5.02 Å². The fourth-order valence-corrected chi connectivity index (χ4v) is 4.29. The Morgan fingerprint density at radius 2 is 1.93 bits per heavy atom. The number of benzene rings is 2. The van der Waals surface area contributed by atoms with Crippen molar-refractivity contribution >= 4 is 40.9 Å². The summed E-state index contributed by atoms with van der Waals surface area (Å²) in [4.78, 5) is 26.3. The van der Waals surface area contributed by atoms with Gasteiger partial charge in [0.25, 0.3) is 5.91 Å². The Hall–Kier alpha value is -2.75. The largest absolute Gasteiger partial charge is 0.365 e. The Morgan fingerprint density at radius 1 is 1.26 bits per heavy atom. The van der Waals surface area contributed by atoms with Crippen molar-refractivity contribution in [3.05, 3.63) is 75.3 Å². The molecular weight excluding hydrogens is 382 g/mol. The molecule has 0 aromatic heterocycles. The number of aryl methyl sites for hydroxylation is 1. The van der Waals surface area contributed by atoms with E-state index in [2.05, 4.69) is 0 Å². The molecule has 27 heavy (non-hydrogen) atoms. The molecule has 0 spiro atoms. The quantitative estimate of drug-likeness (QED) is 0.631. The minimum absolute atomic E-state index is 0.199. The van der Waals surface area contributed by atoms with Crippen LogP contribution < -0.4 is 10.6 Å². The number of nitriles is 1. The van der Waals surface area contributed by atoms with Crippen LogP contribution in [0.5, 0.6) is 0 Å². The van der Waals surface area contributed by atoms with Gasteiger partial charge in [0.15, 0.2) is 0 Å². The maximum absolute atomic E-state index is 13.1. The van der Waals surface area contributed by atoms with Crippen LogP contribution in [-0.4, -0.2) is 17.1 Å². The molecule has 1 unspecified atom stereocenters. The highest BCUT2D eigenvalue weighted by molar-refractivity contribution is 8.05. The number of hydrogen-bond acceptors (Lipinski definition) is 4. The molecule has 0 saturated carbocycles. The summed E-state index contributed by atoms with van der Waals surface area (Å²) < 4.78 is 0. The van der Waals surface area contributed by atoms with E-state index in [1.165, 1.54) is 16.7 Å². The van der Waals surface area contributed by atoms with Crippen molar-refractivity contribution in [2.75, 3.05) is 4.90 Å². The van der Waals surface area contributed by atoms with Gasteiger partial charge in [0.05, 0.1) is 5.25 Å². The average molecular weight is 398 g/mol. The molecule has 7 heteroatoms. The van der Waals surface area contributed by atoms with Gasteiger partial charge in [-0.15, -0.1) is 0 Å². The highest BCUT2D eigenvalue weighted by atomic mass is 35.5. The molecule has 136 valence electrons. The van der Waals surface area contributed by atoms with Crippen molar-refractivity contribution in [3.63, 3.8) is 0 Å². The summed E-state index contributed by atoms with van der Waals surface area (Å²) in [5.41, 5.74) is 7.80. The zero-order valence-electron chi connectivity index (χ0n) is 14.5. The molecule has 0 bridgehead atoms. The molecule has 1 aliphatic rings. The highest BCUT2D eigenvalue weighted by Crippen LogP contribution is 2.42. The van der Waals surface area contributed by atoms with Crippen molar-refractivity contribution in [1.82, 2.24) is 0 Å². The predicted octanol–water partition coefficient (Wildman–Crippen LogP) is 3.56. The monoisotopic (exact) mass is 397 g/mol. The van der Waals surface area contributed by atoms with Gasteiger partial charge in [-0.1, -0.05) is 47.6 Å². The molecule has 1 heterocycles. The van der Waals surface area contributed by atoms with Crippen LogP contribution in [0, 0.1) is 18.3 Å². The summed E-state index contributed by atoms with van der Waals surface area (Å²) in [6, 6.07) is 16.3. The van der Waals surface area contributed by atoms with Gasteiger partial charge in [-0.05, 0) is 48.7 Å². The number of nitrogens with zero attached hydrogens (tertiary/aromatic N) is 2. The number of primary amides is 1. The minimum Gasteiger partial charge on any atom is -0.365 e. The maximum Gasteiger partial charge on any atom is 0.262 e. The van der Waals surface area contributed by atoms with E-state index in [-0.39, 0.29) is 16.5 Å². The number of hydrogen-bond donors (Lipinski definition) is 1. The lowest BCUT2D eigenvalue weighted by Crippen LogP contribution is -2.31. The van der Waals surface area contributed by atoms with E-state index in [1.54, 1.807) is 24.3 Å². The zero-order chi connectivity index (χ0) is 19.6. The predicted molar refractivity (Wildman–Crippen MR) is 107 cm³/mol. The van der Waals surface area contributed by atoms with Crippen LogP contribution in [0.4, 0.5) is 5.69 Å². The number of anilines is 1. The molecular formula is C20H16ClN3O2S. The van der Waals surface area contributed by atoms with E-state index >= 15 is 0 Å². The average Bonchev–Trinajstić information content (AvgIpc) is 2.94. The third-order valence-corrected chi connectivity index (χ3v) is 5.79. The van der Waals surface area contributed by atoms with Gasteiger partial charge in [-0.3, -0.25) is 14.5 Å². The van der Waals surface area contributed by atoms with Gasteiger partial charge < -0.3 is 5.73 Å². The number of halogens is 1. The van der Waals surface area contributed by atoms with Crippen LogP contribution >= 0.6 is 23.4 Å². The standard InChI is InChI=1S/C20H16ClN3O2S/c1-12-4-2-3-5-13(12)10-17-19(26)24(15-8-6-14(21)7-9-15)20(27-17)16(11-22)18(23)25/h2-9,17H,10H2,1H3,(H2,23,25)/b20-16-. The maximum atomic E-state index is 13.1. The molecule has 2 amide bonds. The van der Waals surface area contributed by atoms with E-state index in [4.69, 9.17) is 17.3 Å². The Kier molecular flexibility index (Phi) is 5.54. The fraction of sp³-hybridized carbons (Fsp3) is 0.150. The van der Waals surface area contributed by atoms with Crippen molar-refractivity contribution in [1.29, 1.82) is 5.26 Å². The second-order valence-corrected chi connectivity index (χ2v) is 7.67. The van der Waals surface area contributed by atoms with Crippen molar-refractivity contribution in [3.8, 4) is 6.07 Å². The number of nitrogens with two attached hydrogens (primary N) is 1. The third-order valence-electron chi connectivity index (χ3n) is 4.28. The number of rotatable bonds is 4. The number of thioether (sulfide) groups is 1. The summed E-state index contributed by atoms with van der Waals surface area (Å²) >= 11 is 7.13. The first-order valence-corrected chi connectivity index (χ1v) is 9.43. The van der Waals surface area contributed by atoms with E-state index in [0.717, 1.165) is 11.1 Å². The second-order valence-electron chi connectivity index (χ2n) is 6.04. The molecule has 0 radical (unpaired) electrons. The van der Waals surface area contributed by atoms with Gasteiger partial charge >= 0.3 is 0 Å². The number of carbonyl (C=O) groups excluding carboxylic acids is 2. The Labute approximate surface area is 166 Å². The molecule has 2 aromatic carbocycles. The van der Waals surface area contributed by atoms with E-state index in [0.29, 0.717) is 17.1 Å². The molecule has 2 N–H and O–H groups in total. The van der Waals surface area contributed by atoms with E-state index in [9.17, 15) is 14.9 Å². The van der Waals surface area contributed by atoms with Crippen LogP contribution in [0.25, 0.3) is 0 Å². The Morgan fingerprint density at radius 3 is 2.52 bits per heavy atom. The summed E-state index contributed by atoms with van der Waals surface area (Å²) in [7, 11) is 0. The number of amides is 2. The van der Waals surface area contributed by atoms with Gasteiger partial charge in [-0.25, -0.2) is 0 Å². The van der Waals surface area contributed by atoms with Gasteiger partial charge in [0.2, 0.25) is 5.91 Å². The minimum atomic E-state index is -0.858. The lowest BCUT2D eigenvalue weighted by atomic mass is 10.0. The first-order valence-electron chi connectivity index (χ1n) is 8.17. The molecule has 0 aliphatic carbocycles. The van der Waals surface area contributed by atoms with Crippen molar-refractivity contribution in [2.24, 2.45) is 5.73 Å². The third kappa shape index (κ3) is 3.85. The van der Waals surface area contributed by atoms with Gasteiger partial charge in [0.1, 0.15) is 16.7 Å². The molecule has 3 rings (SSSR count). The first kappa shape index (κ1) is 19.0. The second kappa shape index (κ2) is 7.87. The fourth-order valence-electron chi connectivity index (χ4n) is 2.86. The highest BCUT2D eigenvalue weighted by Gasteiger charge is 2.40. The molecule has 1 saturated heterocycles. The SMILES string of the molecule is Cc1ccccc1CC1S/C(=C(/C#N)C(N)=O)N(c2ccc(Cl)cc2)C1=O. The van der Waals surface area contributed by atoms with Crippen molar-refractivity contribution < 1.29 is 9.59 Å². The Bertz CT molecular complexity index is 979. The Balaban J connectivity index is 2.05. The topological polar surface area (TPSA) is 87.2 Å². The van der Waals surface area contributed by atoms with E-state index in [1.807, 2.05) is 37.3 Å². The first-order chi connectivity index (χ1) is 12.9. The van der Waals surface area contributed by atoms with Crippen LogP contribution in [0.1, 0.15) is 11.1 Å². The molecule has 1 atom stereocenters. The lowest BCUT2D eigenvalue weighted by molar-refractivity contribution is -0.117. The zero-order valence-corrected chi connectivity index (χ0v) is 16.1. The number of carbonyl (C=O) groups is 2. The smallest absolute Gasteiger partial charge is 0.262 e. The van der Waals surface area contributed by atoms with Crippen LogP contribution in [0.15, 0.2) is 59.1 Å². The molecule has 2 aromatic rings. The lowest BCUT2D eigenvalue weighted by Gasteiger charge is -2.18. The summed E-state index contributed by atoms with van der Waals surface area (Å²) in [5.74, 6) is -1.06. The summed E-state index contributed by atoms with van der Waals surface area (Å²) in [6.45, 7) is 1.98. The van der Waals surface area contributed by atoms with Crippen LogP contribution in [-0.2, 0) is 16.0 Å². The molecule has 1 aliphatic heterocycles. The normalized spacial score (nSPS) is 18.3.